The topological polar surface area (TPSA) is 58.4 Å². The van der Waals surface area contributed by atoms with Gasteiger partial charge in [-0.25, -0.2) is 4.68 Å². The van der Waals surface area contributed by atoms with Crippen molar-refractivity contribution in [1.82, 2.24) is 19.6 Å². The van der Waals surface area contributed by atoms with E-state index in [-0.39, 0.29) is 17.7 Å². The van der Waals surface area contributed by atoms with Crippen molar-refractivity contribution in [2.45, 2.75) is 46.5 Å². The van der Waals surface area contributed by atoms with Crippen LogP contribution in [0.15, 0.2) is 18.2 Å². The lowest BCUT2D eigenvalue weighted by atomic mass is 9.84. The minimum Gasteiger partial charge on any atom is -0.339 e. The van der Waals surface area contributed by atoms with Crippen LogP contribution in [0.25, 0.3) is 5.69 Å². The second-order valence-corrected chi connectivity index (χ2v) is 8.91. The SMILES string of the molecule is Cc1ccc(-n2nc(C)c(CC(=O)N3CCN(C(=O)C4CCC4)CC3)c2C)cc1Cl. The third kappa shape index (κ3) is 3.97. The predicted molar refractivity (Wildman–Crippen MR) is 117 cm³/mol. The van der Waals surface area contributed by atoms with Gasteiger partial charge in [0.25, 0.3) is 0 Å². The number of piperazine rings is 1. The van der Waals surface area contributed by atoms with Crippen LogP contribution in [0.2, 0.25) is 5.02 Å². The van der Waals surface area contributed by atoms with Crippen molar-refractivity contribution in [1.29, 1.82) is 0 Å². The van der Waals surface area contributed by atoms with Crippen LogP contribution in [0, 0.1) is 26.7 Å². The third-order valence-electron chi connectivity index (χ3n) is 6.57. The van der Waals surface area contributed by atoms with Gasteiger partial charge in [-0.05, 0) is 51.3 Å². The molecule has 1 saturated carbocycles. The average Bonchev–Trinajstić information content (AvgIpc) is 2.97. The Morgan fingerprint density at radius 2 is 1.73 bits per heavy atom. The largest absolute Gasteiger partial charge is 0.339 e. The molecule has 0 bridgehead atoms. The van der Waals surface area contributed by atoms with E-state index in [0.29, 0.717) is 37.6 Å². The van der Waals surface area contributed by atoms with Gasteiger partial charge in [0.15, 0.2) is 0 Å². The van der Waals surface area contributed by atoms with Crippen molar-refractivity contribution in [3.05, 3.63) is 45.7 Å². The van der Waals surface area contributed by atoms with E-state index >= 15 is 0 Å². The first kappa shape index (κ1) is 20.9. The quantitative estimate of drug-likeness (QED) is 0.749. The molecule has 2 amide bonds. The van der Waals surface area contributed by atoms with Crippen molar-refractivity contribution in [2.24, 2.45) is 5.92 Å². The molecule has 2 aromatic rings. The zero-order valence-corrected chi connectivity index (χ0v) is 18.7. The van der Waals surface area contributed by atoms with Gasteiger partial charge in [-0.2, -0.15) is 5.10 Å². The van der Waals surface area contributed by atoms with Gasteiger partial charge in [-0.15, -0.1) is 0 Å². The average molecular weight is 429 g/mol. The van der Waals surface area contributed by atoms with E-state index in [1.807, 2.05) is 53.5 Å². The Hall–Kier alpha value is -2.34. The normalized spacial score (nSPS) is 17.2. The highest BCUT2D eigenvalue weighted by atomic mass is 35.5. The summed E-state index contributed by atoms with van der Waals surface area (Å²) >= 11 is 6.29. The van der Waals surface area contributed by atoms with Crippen LogP contribution in [0.5, 0.6) is 0 Å². The van der Waals surface area contributed by atoms with E-state index in [9.17, 15) is 9.59 Å². The molecule has 6 nitrogen and oxygen atoms in total. The van der Waals surface area contributed by atoms with E-state index in [0.717, 1.165) is 47.5 Å². The van der Waals surface area contributed by atoms with Crippen LogP contribution < -0.4 is 0 Å². The molecule has 0 unspecified atom stereocenters. The predicted octanol–water partition coefficient (Wildman–Crippen LogP) is 3.46. The van der Waals surface area contributed by atoms with Gasteiger partial charge in [0.1, 0.15) is 0 Å². The summed E-state index contributed by atoms with van der Waals surface area (Å²) in [6.07, 6.45) is 3.53. The monoisotopic (exact) mass is 428 g/mol. The Labute approximate surface area is 182 Å². The fourth-order valence-corrected chi connectivity index (χ4v) is 4.42. The molecule has 0 radical (unpaired) electrons. The minimum atomic E-state index is 0.0958. The Balaban J connectivity index is 1.42. The van der Waals surface area contributed by atoms with Gasteiger partial charge in [0, 0.05) is 48.4 Å². The molecule has 0 atom stereocenters. The Morgan fingerprint density at radius 1 is 1.07 bits per heavy atom. The number of aromatic nitrogens is 2. The maximum absolute atomic E-state index is 13.0. The highest BCUT2D eigenvalue weighted by Crippen LogP contribution is 2.29. The third-order valence-corrected chi connectivity index (χ3v) is 6.97. The van der Waals surface area contributed by atoms with Crippen molar-refractivity contribution < 1.29 is 9.59 Å². The molecule has 160 valence electrons. The highest BCUT2D eigenvalue weighted by Gasteiger charge is 2.32. The fourth-order valence-electron chi connectivity index (χ4n) is 4.25. The van der Waals surface area contributed by atoms with Crippen LogP contribution in [0.3, 0.4) is 0 Å². The lowest BCUT2D eigenvalue weighted by Gasteiger charge is -2.38. The summed E-state index contributed by atoms with van der Waals surface area (Å²) in [5.74, 6) is 0.593. The van der Waals surface area contributed by atoms with E-state index in [1.165, 1.54) is 0 Å². The van der Waals surface area contributed by atoms with E-state index in [4.69, 9.17) is 11.6 Å². The smallest absolute Gasteiger partial charge is 0.227 e. The first-order valence-electron chi connectivity index (χ1n) is 10.7. The lowest BCUT2D eigenvalue weighted by Crippen LogP contribution is -2.52. The molecule has 4 rings (SSSR count). The number of benzene rings is 1. The summed E-state index contributed by atoms with van der Waals surface area (Å²) < 4.78 is 1.86. The van der Waals surface area contributed by atoms with Gasteiger partial charge in [0.2, 0.25) is 11.8 Å². The molecule has 2 fully saturated rings. The summed E-state index contributed by atoms with van der Waals surface area (Å²) in [5.41, 5.74) is 4.70. The molecule has 0 spiro atoms. The van der Waals surface area contributed by atoms with E-state index in [1.54, 1.807) is 0 Å². The lowest BCUT2D eigenvalue weighted by molar-refractivity contribution is -0.143. The number of hydrogen-bond acceptors (Lipinski definition) is 3. The summed E-state index contributed by atoms with van der Waals surface area (Å²) in [5, 5.41) is 5.36. The van der Waals surface area contributed by atoms with E-state index < -0.39 is 0 Å². The van der Waals surface area contributed by atoms with Gasteiger partial charge < -0.3 is 9.80 Å². The highest BCUT2D eigenvalue weighted by molar-refractivity contribution is 6.31. The summed E-state index contributed by atoms with van der Waals surface area (Å²) in [6, 6.07) is 5.87. The number of nitrogens with zero attached hydrogens (tertiary/aromatic N) is 4. The van der Waals surface area contributed by atoms with Crippen molar-refractivity contribution in [3.8, 4) is 5.69 Å². The standard InChI is InChI=1S/C23H29ClN4O2/c1-15-7-8-19(13-21(15)24)28-17(3)20(16(2)25-28)14-22(29)26-9-11-27(12-10-26)23(30)18-5-4-6-18/h7-8,13,18H,4-6,9-12,14H2,1-3H3. The van der Waals surface area contributed by atoms with Crippen molar-refractivity contribution >= 4 is 23.4 Å². The van der Waals surface area contributed by atoms with Crippen LogP contribution >= 0.6 is 11.6 Å². The van der Waals surface area contributed by atoms with E-state index in [2.05, 4.69) is 5.10 Å². The minimum absolute atomic E-state index is 0.0958. The number of carbonyl (C=O) groups is 2. The number of rotatable bonds is 4. The maximum atomic E-state index is 13.0. The number of carbonyl (C=O) groups excluding carboxylic acids is 2. The molecule has 1 aromatic heterocycles. The molecular weight excluding hydrogens is 400 g/mol. The van der Waals surface area contributed by atoms with Crippen LogP contribution in [0.4, 0.5) is 0 Å². The molecule has 1 aliphatic heterocycles. The molecule has 2 aliphatic rings. The zero-order valence-electron chi connectivity index (χ0n) is 17.9. The second-order valence-electron chi connectivity index (χ2n) is 8.51. The van der Waals surface area contributed by atoms with Gasteiger partial charge in [-0.1, -0.05) is 24.1 Å². The van der Waals surface area contributed by atoms with Gasteiger partial charge in [0.05, 0.1) is 17.8 Å². The van der Waals surface area contributed by atoms with Crippen molar-refractivity contribution in [2.75, 3.05) is 26.2 Å². The fraction of sp³-hybridized carbons (Fsp3) is 0.522. The number of aryl methyl sites for hydroxylation is 2. The molecule has 1 aromatic carbocycles. The Bertz CT molecular complexity index is 972. The van der Waals surface area contributed by atoms with Crippen LogP contribution in [-0.2, 0) is 16.0 Å². The summed E-state index contributed by atoms with van der Waals surface area (Å²) in [6.45, 7) is 8.40. The second kappa shape index (κ2) is 8.42. The van der Waals surface area contributed by atoms with Gasteiger partial charge in [-0.3, -0.25) is 9.59 Å². The number of amides is 2. The van der Waals surface area contributed by atoms with Crippen LogP contribution in [0.1, 0.15) is 41.8 Å². The van der Waals surface area contributed by atoms with Gasteiger partial charge >= 0.3 is 0 Å². The molecule has 2 heterocycles. The maximum Gasteiger partial charge on any atom is 0.227 e. The molecule has 0 N–H and O–H groups in total. The molecule has 7 heteroatoms. The molecule has 1 aliphatic carbocycles. The number of halogens is 1. The summed E-state index contributed by atoms with van der Waals surface area (Å²) in [7, 11) is 0. The van der Waals surface area contributed by atoms with Crippen LogP contribution in [-0.4, -0.2) is 57.6 Å². The number of hydrogen-bond donors (Lipinski definition) is 0. The molecule has 1 saturated heterocycles. The Kier molecular flexibility index (Phi) is 5.87. The molecular formula is C23H29ClN4O2. The van der Waals surface area contributed by atoms with Crippen molar-refractivity contribution in [3.63, 3.8) is 0 Å². The molecule has 30 heavy (non-hydrogen) atoms. The zero-order chi connectivity index (χ0) is 21.4. The Morgan fingerprint density at radius 3 is 2.33 bits per heavy atom. The first-order chi connectivity index (χ1) is 14.3. The first-order valence-corrected chi connectivity index (χ1v) is 11.1. The summed E-state index contributed by atoms with van der Waals surface area (Å²) in [4.78, 5) is 29.2.